The van der Waals surface area contributed by atoms with Gasteiger partial charge >= 0.3 is 0 Å². The highest BCUT2D eigenvalue weighted by molar-refractivity contribution is 5.21. The average Bonchev–Trinajstić information content (AvgIpc) is 2.45. The highest BCUT2D eigenvalue weighted by Gasteiger charge is 1.95. The van der Waals surface area contributed by atoms with Crippen molar-refractivity contribution < 1.29 is 4.74 Å². The SMILES string of the molecule is NCc1ccc(COCCc2ccccc2)cc1. The van der Waals surface area contributed by atoms with Crippen LogP contribution in [0.25, 0.3) is 0 Å². The number of rotatable bonds is 6. The van der Waals surface area contributed by atoms with Crippen molar-refractivity contribution >= 4 is 0 Å². The van der Waals surface area contributed by atoms with Gasteiger partial charge in [0.05, 0.1) is 13.2 Å². The van der Waals surface area contributed by atoms with Crippen LogP contribution in [0, 0.1) is 0 Å². The summed E-state index contributed by atoms with van der Waals surface area (Å²) in [5, 5.41) is 0. The molecular formula is C16H19NO. The topological polar surface area (TPSA) is 35.2 Å². The third-order valence-electron chi connectivity index (χ3n) is 2.91. The molecule has 0 bridgehead atoms. The standard InChI is InChI=1S/C16H19NO/c17-12-15-6-8-16(9-7-15)13-18-11-10-14-4-2-1-3-5-14/h1-9H,10-13,17H2. The molecule has 0 radical (unpaired) electrons. The molecule has 0 aliphatic heterocycles. The van der Waals surface area contributed by atoms with E-state index in [1.807, 2.05) is 6.07 Å². The monoisotopic (exact) mass is 241 g/mol. The zero-order valence-corrected chi connectivity index (χ0v) is 10.5. The van der Waals surface area contributed by atoms with Crippen LogP contribution in [0.3, 0.4) is 0 Å². The molecule has 2 aromatic rings. The second-order valence-electron chi connectivity index (χ2n) is 4.31. The van der Waals surface area contributed by atoms with Gasteiger partial charge < -0.3 is 10.5 Å². The molecule has 94 valence electrons. The Kier molecular flexibility index (Phi) is 4.94. The summed E-state index contributed by atoms with van der Waals surface area (Å²) in [7, 11) is 0. The third kappa shape index (κ3) is 3.99. The molecule has 2 rings (SSSR count). The molecule has 0 atom stereocenters. The molecule has 2 nitrogen and oxygen atoms in total. The van der Waals surface area contributed by atoms with E-state index in [1.54, 1.807) is 0 Å². The summed E-state index contributed by atoms with van der Waals surface area (Å²) in [5.41, 5.74) is 9.22. The fourth-order valence-corrected chi connectivity index (χ4v) is 1.80. The molecular weight excluding hydrogens is 222 g/mol. The van der Waals surface area contributed by atoms with Gasteiger partial charge in [-0.3, -0.25) is 0 Å². The summed E-state index contributed by atoms with van der Waals surface area (Å²) >= 11 is 0. The van der Waals surface area contributed by atoms with E-state index in [9.17, 15) is 0 Å². The van der Waals surface area contributed by atoms with E-state index in [4.69, 9.17) is 10.5 Å². The van der Waals surface area contributed by atoms with Crippen molar-refractivity contribution in [2.75, 3.05) is 6.61 Å². The predicted molar refractivity (Wildman–Crippen MR) is 74.1 cm³/mol. The maximum absolute atomic E-state index is 5.67. The van der Waals surface area contributed by atoms with Crippen LogP contribution in [0.15, 0.2) is 54.6 Å². The fraction of sp³-hybridized carbons (Fsp3) is 0.250. The minimum absolute atomic E-state index is 0.592. The van der Waals surface area contributed by atoms with Crippen LogP contribution in [-0.4, -0.2) is 6.61 Å². The zero-order chi connectivity index (χ0) is 12.6. The molecule has 0 heterocycles. The van der Waals surface area contributed by atoms with Crippen LogP contribution >= 0.6 is 0 Å². The van der Waals surface area contributed by atoms with Crippen molar-refractivity contribution in [3.8, 4) is 0 Å². The Morgan fingerprint density at radius 3 is 2.11 bits per heavy atom. The summed E-state index contributed by atoms with van der Waals surface area (Å²) in [4.78, 5) is 0. The lowest BCUT2D eigenvalue weighted by molar-refractivity contribution is 0.124. The Morgan fingerprint density at radius 2 is 1.44 bits per heavy atom. The first-order valence-electron chi connectivity index (χ1n) is 6.28. The molecule has 18 heavy (non-hydrogen) atoms. The van der Waals surface area contributed by atoms with Gasteiger partial charge in [-0.05, 0) is 23.1 Å². The molecule has 2 N–H and O–H groups in total. The summed E-state index contributed by atoms with van der Waals surface area (Å²) in [6, 6.07) is 18.6. The smallest absolute Gasteiger partial charge is 0.0717 e. The Hall–Kier alpha value is -1.64. The van der Waals surface area contributed by atoms with Crippen LogP contribution in [0.5, 0.6) is 0 Å². The summed E-state index contributed by atoms with van der Waals surface area (Å²) in [5.74, 6) is 0. The predicted octanol–water partition coefficient (Wildman–Crippen LogP) is 2.90. The van der Waals surface area contributed by atoms with Crippen LogP contribution in [0.1, 0.15) is 16.7 Å². The van der Waals surface area contributed by atoms with Gasteiger partial charge in [-0.2, -0.15) is 0 Å². The molecule has 0 aliphatic carbocycles. The van der Waals surface area contributed by atoms with Crippen molar-refractivity contribution in [1.82, 2.24) is 0 Å². The number of benzene rings is 2. The summed E-state index contributed by atoms with van der Waals surface area (Å²) in [6.07, 6.45) is 0.960. The molecule has 0 saturated heterocycles. The molecule has 0 saturated carbocycles. The second kappa shape index (κ2) is 6.94. The van der Waals surface area contributed by atoms with E-state index in [2.05, 4.69) is 48.5 Å². The quantitative estimate of drug-likeness (QED) is 0.789. The van der Waals surface area contributed by atoms with Crippen LogP contribution in [0.2, 0.25) is 0 Å². The van der Waals surface area contributed by atoms with E-state index < -0.39 is 0 Å². The highest BCUT2D eigenvalue weighted by atomic mass is 16.5. The number of hydrogen-bond acceptors (Lipinski definition) is 2. The molecule has 2 aromatic carbocycles. The first kappa shape index (κ1) is 12.8. The average molecular weight is 241 g/mol. The van der Waals surface area contributed by atoms with Crippen LogP contribution in [0.4, 0.5) is 0 Å². The minimum atomic E-state index is 0.592. The first-order chi connectivity index (χ1) is 8.88. The first-order valence-corrected chi connectivity index (χ1v) is 6.28. The van der Waals surface area contributed by atoms with Crippen molar-refractivity contribution in [2.24, 2.45) is 5.73 Å². The van der Waals surface area contributed by atoms with Crippen molar-refractivity contribution in [1.29, 1.82) is 0 Å². The third-order valence-corrected chi connectivity index (χ3v) is 2.91. The maximum atomic E-state index is 5.67. The van der Waals surface area contributed by atoms with Gasteiger partial charge in [0, 0.05) is 6.54 Å². The van der Waals surface area contributed by atoms with Crippen LogP contribution < -0.4 is 5.73 Å². The summed E-state index contributed by atoms with van der Waals surface area (Å²) in [6.45, 7) is 2.01. The highest BCUT2D eigenvalue weighted by Crippen LogP contribution is 2.06. The fourth-order valence-electron chi connectivity index (χ4n) is 1.80. The zero-order valence-electron chi connectivity index (χ0n) is 10.5. The van der Waals surface area contributed by atoms with Gasteiger partial charge in [0.2, 0.25) is 0 Å². The lowest BCUT2D eigenvalue weighted by atomic mass is 10.1. The molecule has 0 amide bonds. The molecule has 2 heteroatoms. The molecule has 0 unspecified atom stereocenters. The van der Waals surface area contributed by atoms with Gasteiger partial charge in [0.1, 0.15) is 0 Å². The molecule has 0 fully saturated rings. The Balaban J connectivity index is 1.72. The van der Waals surface area contributed by atoms with E-state index >= 15 is 0 Å². The number of nitrogens with two attached hydrogens (primary N) is 1. The minimum Gasteiger partial charge on any atom is -0.376 e. The van der Waals surface area contributed by atoms with Gasteiger partial charge in [-0.1, -0.05) is 54.6 Å². The van der Waals surface area contributed by atoms with Gasteiger partial charge in [0.25, 0.3) is 0 Å². The van der Waals surface area contributed by atoms with E-state index in [-0.39, 0.29) is 0 Å². The van der Waals surface area contributed by atoms with Gasteiger partial charge in [-0.15, -0.1) is 0 Å². The van der Waals surface area contributed by atoms with Gasteiger partial charge in [-0.25, -0.2) is 0 Å². The Morgan fingerprint density at radius 1 is 0.778 bits per heavy atom. The number of ether oxygens (including phenoxy) is 1. The van der Waals surface area contributed by atoms with Crippen molar-refractivity contribution in [3.05, 3.63) is 71.3 Å². The maximum Gasteiger partial charge on any atom is 0.0717 e. The largest absolute Gasteiger partial charge is 0.376 e. The number of hydrogen-bond donors (Lipinski definition) is 1. The Bertz CT molecular complexity index is 450. The molecule has 0 spiro atoms. The van der Waals surface area contributed by atoms with E-state index in [1.165, 1.54) is 11.1 Å². The van der Waals surface area contributed by atoms with E-state index in [0.717, 1.165) is 18.6 Å². The van der Waals surface area contributed by atoms with Crippen molar-refractivity contribution in [3.63, 3.8) is 0 Å². The molecule has 0 aromatic heterocycles. The van der Waals surface area contributed by atoms with Crippen LogP contribution in [-0.2, 0) is 24.3 Å². The van der Waals surface area contributed by atoms with Crippen molar-refractivity contribution in [2.45, 2.75) is 19.6 Å². The normalized spacial score (nSPS) is 10.5. The van der Waals surface area contributed by atoms with Gasteiger partial charge in [0.15, 0.2) is 0 Å². The van der Waals surface area contributed by atoms with E-state index in [0.29, 0.717) is 13.2 Å². The summed E-state index contributed by atoms with van der Waals surface area (Å²) < 4.78 is 5.67. The second-order valence-corrected chi connectivity index (χ2v) is 4.31. The Labute approximate surface area is 108 Å². The lowest BCUT2D eigenvalue weighted by Gasteiger charge is -2.05. The lowest BCUT2D eigenvalue weighted by Crippen LogP contribution is -2.00. The molecule has 0 aliphatic rings.